The number of thiocarbonyl (C=S) groups is 1. The quantitative estimate of drug-likeness (QED) is 0.798. The third-order valence-corrected chi connectivity index (χ3v) is 5.21. The molecule has 2 heterocycles. The Kier molecular flexibility index (Phi) is 3.70. The Morgan fingerprint density at radius 1 is 1.09 bits per heavy atom. The van der Waals surface area contributed by atoms with E-state index in [1.165, 1.54) is 0 Å². The van der Waals surface area contributed by atoms with Crippen LogP contribution in [0.1, 0.15) is 17.5 Å². The lowest BCUT2D eigenvalue weighted by Crippen LogP contribution is -2.46. The molecule has 116 valence electrons. The van der Waals surface area contributed by atoms with Gasteiger partial charge in [-0.1, -0.05) is 58.4 Å². The van der Waals surface area contributed by atoms with Crippen molar-refractivity contribution in [3.8, 4) is 0 Å². The molecule has 2 aromatic rings. The minimum Gasteiger partial charge on any atom is -0.342 e. The van der Waals surface area contributed by atoms with Gasteiger partial charge in [-0.05, 0) is 41.9 Å². The van der Waals surface area contributed by atoms with E-state index in [-0.39, 0.29) is 0 Å². The molecule has 0 aliphatic carbocycles. The lowest BCUT2D eigenvalue weighted by Gasteiger charge is -2.33. The van der Waals surface area contributed by atoms with Gasteiger partial charge >= 0.3 is 0 Å². The van der Waals surface area contributed by atoms with Crippen molar-refractivity contribution in [2.45, 2.75) is 12.0 Å². The van der Waals surface area contributed by atoms with Crippen LogP contribution in [0.3, 0.4) is 0 Å². The SMILES string of the molecule is S=C1NC(c2ccccc2)(c2cccc(Br)c2)C2=NCCCN12. The van der Waals surface area contributed by atoms with E-state index >= 15 is 0 Å². The summed E-state index contributed by atoms with van der Waals surface area (Å²) >= 11 is 9.22. The molecule has 1 N–H and O–H groups in total. The van der Waals surface area contributed by atoms with Crippen molar-refractivity contribution in [3.63, 3.8) is 0 Å². The van der Waals surface area contributed by atoms with Gasteiger partial charge in [-0.15, -0.1) is 0 Å². The van der Waals surface area contributed by atoms with Crippen LogP contribution in [0.25, 0.3) is 0 Å². The molecule has 1 saturated heterocycles. The van der Waals surface area contributed by atoms with Gasteiger partial charge in [0.1, 0.15) is 11.4 Å². The average Bonchev–Trinajstić information content (AvgIpc) is 2.90. The van der Waals surface area contributed by atoms with Crippen molar-refractivity contribution in [2.24, 2.45) is 4.99 Å². The third kappa shape index (κ3) is 2.30. The number of hydrogen-bond acceptors (Lipinski definition) is 2. The minimum atomic E-state index is -0.511. The fourth-order valence-electron chi connectivity index (χ4n) is 3.39. The van der Waals surface area contributed by atoms with E-state index in [4.69, 9.17) is 17.2 Å². The monoisotopic (exact) mass is 385 g/mol. The largest absolute Gasteiger partial charge is 0.342 e. The van der Waals surface area contributed by atoms with E-state index in [0.29, 0.717) is 0 Å². The van der Waals surface area contributed by atoms with Crippen LogP contribution in [-0.2, 0) is 5.54 Å². The van der Waals surface area contributed by atoms with Gasteiger partial charge in [-0.3, -0.25) is 4.99 Å². The Morgan fingerprint density at radius 3 is 2.65 bits per heavy atom. The van der Waals surface area contributed by atoms with Gasteiger partial charge in [0.15, 0.2) is 5.11 Å². The Morgan fingerprint density at radius 2 is 1.87 bits per heavy atom. The number of nitrogens with zero attached hydrogens (tertiary/aromatic N) is 2. The molecule has 0 bridgehead atoms. The molecule has 0 aromatic heterocycles. The van der Waals surface area contributed by atoms with Crippen molar-refractivity contribution < 1.29 is 0 Å². The second-order valence-corrected chi connectivity index (χ2v) is 7.07. The van der Waals surface area contributed by atoms with E-state index in [1.54, 1.807) is 0 Å². The normalized spacial score (nSPS) is 23.3. The number of halogens is 1. The van der Waals surface area contributed by atoms with Gasteiger partial charge in [0.2, 0.25) is 0 Å². The zero-order chi connectivity index (χ0) is 15.9. The molecule has 0 radical (unpaired) electrons. The van der Waals surface area contributed by atoms with Crippen LogP contribution in [0.2, 0.25) is 0 Å². The number of aliphatic imine (C=N–C) groups is 1. The van der Waals surface area contributed by atoms with Crippen LogP contribution >= 0.6 is 28.1 Å². The maximum Gasteiger partial charge on any atom is 0.175 e. The predicted molar refractivity (Wildman–Crippen MR) is 101 cm³/mol. The van der Waals surface area contributed by atoms with Gasteiger partial charge in [0.05, 0.1) is 0 Å². The molecule has 1 fully saturated rings. The van der Waals surface area contributed by atoms with Gasteiger partial charge < -0.3 is 10.2 Å². The lowest BCUT2D eigenvalue weighted by atomic mass is 9.82. The summed E-state index contributed by atoms with van der Waals surface area (Å²) in [4.78, 5) is 7.00. The van der Waals surface area contributed by atoms with Crippen molar-refractivity contribution in [1.82, 2.24) is 10.2 Å². The fraction of sp³-hybridized carbons (Fsp3) is 0.222. The molecule has 3 nitrogen and oxygen atoms in total. The summed E-state index contributed by atoms with van der Waals surface area (Å²) in [7, 11) is 0. The highest BCUT2D eigenvalue weighted by molar-refractivity contribution is 9.10. The maximum atomic E-state index is 5.62. The first-order valence-corrected chi connectivity index (χ1v) is 8.88. The highest BCUT2D eigenvalue weighted by Gasteiger charge is 2.50. The Hall–Kier alpha value is -1.72. The summed E-state index contributed by atoms with van der Waals surface area (Å²) in [5.41, 5.74) is 1.79. The molecule has 1 unspecified atom stereocenters. The second-order valence-electron chi connectivity index (χ2n) is 5.77. The van der Waals surface area contributed by atoms with Crippen molar-refractivity contribution >= 4 is 39.1 Å². The van der Waals surface area contributed by atoms with E-state index in [9.17, 15) is 0 Å². The van der Waals surface area contributed by atoms with Crippen molar-refractivity contribution in [1.29, 1.82) is 0 Å². The Bertz CT molecular complexity index is 790. The van der Waals surface area contributed by atoms with Crippen LogP contribution in [0.15, 0.2) is 64.1 Å². The molecule has 1 atom stereocenters. The summed E-state index contributed by atoms with van der Waals surface area (Å²) in [6, 6.07) is 18.8. The molecule has 23 heavy (non-hydrogen) atoms. The van der Waals surface area contributed by atoms with Crippen LogP contribution in [-0.4, -0.2) is 28.9 Å². The Labute approximate surface area is 149 Å². The number of fused-ring (bicyclic) bond motifs is 1. The third-order valence-electron chi connectivity index (χ3n) is 4.40. The van der Waals surface area contributed by atoms with Crippen LogP contribution in [0.4, 0.5) is 0 Å². The maximum absolute atomic E-state index is 5.62. The smallest absolute Gasteiger partial charge is 0.175 e. The molecule has 5 heteroatoms. The zero-order valence-electron chi connectivity index (χ0n) is 12.5. The topological polar surface area (TPSA) is 27.6 Å². The zero-order valence-corrected chi connectivity index (χ0v) is 14.9. The summed E-state index contributed by atoms with van der Waals surface area (Å²) in [5.74, 6) is 1.01. The number of rotatable bonds is 2. The number of nitrogens with one attached hydrogen (secondary N) is 1. The van der Waals surface area contributed by atoms with Gasteiger partial charge in [-0.25, -0.2) is 0 Å². The minimum absolute atomic E-state index is 0.511. The molecule has 2 aliphatic rings. The first kappa shape index (κ1) is 14.8. The molecule has 0 spiro atoms. The van der Waals surface area contributed by atoms with E-state index < -0.39 is 5.54 Å². The lowest BCUT2D eigenvalue weighted by molar-refractivity contribution is 0.545. The molecule has 0 amide bonds. The molecule has 4 rings (SSSR count). The first-order valence-electron chi connectivity index (χ1n) is 7.68. The summed E-state index contributed by atoms with van der Waals surface area (Å²) in [6.07, 6.45) is 1.04. The summed E-state index contributed by atoms with van der Waals surface area (Å²) in [6.45, 7) is 1.77. The average molecular weight is 386 g/mol. The highest BCUT2D eigenvalue weighted by atomic mass is 79.9. The molecule has 2 aliphatic heterocycles. The molecular formula is C18H16BrN3S. The van der Waals surface area contributed by atoms with E-state index in [2.05, 4.69) is 68.6 Å². The number of amidine groups is 1. The molecule has 0 saturated carbocycles. The van der Waals surface area contributed by atoms with Crippen LogP contribution < -0.4 is 5.32 Å². The fourth-order valence-corrected chi connectivity index (χ4v) is 4.12. The Balaban J connectivity index is 1.99. The van der Waals surface area contributed by atoms with Crippen LogP contribution in [0, 0.1) is 0 Å². The van der Waals surface area contributed by atoms with Gasteiger partial charge in [0.25, 0.3) is 0 Å². The van der Waals surface area contributed by atoms with Gasteiger partial charge in [-0.2, -0.15) is 0 Å². The summed E-state index contributed by atoms with van der Waals surface area (Å²) < 4.78 is 1.05. The number of benzene rings is 2. The standard InChI is InChI=1S/C18H16BrN3S/c19-15-9-4-8-14(12-15)18(13-6-2-1-3-7-13)16-20-10-5-11-22(16)17(23)21-18/h1-4,6-9,12H,5,10-11H2,(H,21,23). The van der Waals surface area contributed by atoms with Crippen molar-refractivity contribution in [3.05, 3.63) is 70.2 Å². The number of hydrogen-bond donors (Lipinski definition) is 1. The van der Waals surface area contributed by atoms with E-state index in [0.717, 1.165) is 46.1 Å². The van der Waals surface area contributed by atoms with Gasteiger partial charge in [0, 0.05) is 17.6 Å². The highest BCUT2D eigenvalue weighted by Crippen LogP contribution is 2.38. The van der Waals surface area contributed by atoms with Crippen LogP contribution in [0.5, 0.6) is 0 Å². The first-order chi connectivity index (χ1) is 11.2. The molecular weight excluding hydrogens is 370 g/mol. The predicted octanol–water partition coefficient (Wildman–Crippen LogP) is 3.69. The summed E-state index contributed by atoms with van der Waals surface area (Å²) in [5, 5.41) is 4.33. The van der Waals surface area contributed by atoms with Crippen molar-refractivity contribution in [2.75, 3.05) is 13.1 Å². The second kappa shape index (κ2) is 5.73. The molecule has 2 aromatic carbocycles. The van der Waals surface area contributed by atoms with E-state index in [1.807, 2.05) is 12.1 Å².